The highest BCUT2D eigenvalue weighted by atomic mass is 32.2. The normalized spacial score (nSPS) is 26.3. The van der Waals surface area contributed by atoms with Crippen molar-refractivity contribution >= 4 is 34.5 Å². The molecule has 0 amide bonds. The summed E-state index contributed by atoms with van der Waals surface area (Å²) in [5, 5.41) is 4.89. The number of nitrogens with zero attached hydrogens (tertiary/aromatic N) is 1. The van der Waals surface area contributed by atoms with E-state index in [-0.39, 0.29) is 29.8 Å². The van der Waals surface area contributed by atoms with E-state index in [0.717, 1.165) is 40.3 Å². The second-order valence-electron chi connectivity index (χ2n) is 8.68. The summed E-state index contributed by atoms with van der Waals surface area (Å²) in [4.78, 5) is 33.5. The number of fused-ring (bicyclic) bond motifs is 2. The number of ether oxygens (including phenoxy) is 1. The monoisotopic (exact) mass is 479 g/mol. The number of furan rings is 1. The van der Waals surface area contributed by atoms with Crippen LogP contribution in [0.4, 0.5) is 0 Å². The smallest absolute Gasteiger partial charge is 0.326 e. The van der Waals surface area contributed by atoms with Gasteiger partial charge in [0.25, 0.3) is 0 Å². The molecule has 0 spiro atoms. The number of para-hydroxylation sites is 2. The van der Waals surface area contributed by atoms with Crippen molar-refractivity contribution in [2.75, 3.05) is 6.61 Å². The van der Waals surface area contributed by atoms with Crippen molar-refractivity contribution in [3.8, 4) is 0 Å². The molecular weight excluding hydrogens is 454 g/mol. The number of aromatic nitrogens is 2. The molecular formula is C24H25N5O4S. The number of hydrogen-bond acceptors (Lipinski definition) is 9. The number of rotatable bonds is 5. The molecule has 4 unspecified atom stereocenters. The predicted molar refractivity (Wildman–Crippen MR) is 125 cm³/mol. The number of ketones is 1. The van der Waals surface area contributed by atoms with Crippen molar-refractivity contribution in [2.24, 2.45) is 0 Å². The third-order valence-corrected chi connectivity index (χ3v) is 7.44. The number of hydrogen-bond donors (Lipinski definition) is 4. The predicted octanol–water partition coefficient (Wildman–Crippen LogP) is 2.78. The molecule has 4 heterocycles. The van der Waals surface area contributed by atoms with E-state index in [2.05, 4.69) is 26.1 Å². The molecule has 1 fully saturated rings. The molecule has 0 bridgehead atoms. The second kappa shape index (κ2) is 8.61. The summed E-state index contributed by atoms with van der Waals surface area (Å²) in [6.07, 6.45) is 2.09. The summed E-state index contributed by atoms with van der Waals surface area (Å²) < 4.78 is 11.5. The van der Waals surface area contributed by atoms with Gasteiger partial charge in [-0.05, 0) is 55.8 Å². The average molecular weight is 480 g/mol. The Morgan fingerprint density at radius 1 is 1.18 bits per heavy atom. The average Bonchev–Trinajstić information content (AvgIpc) is 3.56. The standard InChI is InChI=1S/C24H25N5O4S/c1-2-32-23(31)22-21-20(28-29-22)19(18-14(25-21)8-5-9-15(18)30)16-10-11-17(33-16)34-24-26-12-6-3-4-7-13(12)27-24/h3-4,6-7,10-11,19-22,25,28-29H,2,5,8-9H2,1H3,(H,26,27). The van der Waals surface area contributed by atoms with Gasteiger partial charge in [0.05, 0.1) is 35.6 Å². The summed E-state index contributed by atoms with van der Waals surface area (Å²) in [5.41, 5.74) is 9.84. The highest BCUT2D eigenvalue weighted by Crippen LogP contribution is 2.43. The number of H-pyrrole nitrogens is 1. The van der Waals surface area contributed by atoms with Crippen molar-refractivity contribution in [2.45, 2.75) is 60.5 Å². The van der Waals surface area contributed by atoms with E-state index in [9.17, 15) is 9.59 Å². The number of allylic oxidation sites excluding steroid dienone is 1. The maximum Gasteiger partial charge on any atom is 0.326 e. The lowest BCUT2D eigenvalue weighted by molar-refractivity contribution is -0.145. The number of Topliss-reactive ketones (excluding diaryl/α,β-unsaturated/α-hetero) is 1. The van der Waals surface area contributed by atoms with Gasteiger partial charge in [0.1, 0.15) is 11.8 Å². The summed E-state index contributed by atoms with van der Waals surface area (Å²) >= 11 is 1.41. The lowest BCUT2D eigenvalue weighted by Gasteiger charge is -2.39. The van der Waals surface area contributed by atoms with Gasteiger partial charge in [-0.2, -0.15) is 0 Å². The van der Waals surface area contributed by atoms with E-state index in [0.29, 0.717) is 23.9 Å². The number of carbonyl (C=O) groups is 2. The first-order chi connectivity index (χ1) is 16.6. The van der Waals surface area contributed by atoms with E-state index in [1.165, 1.54) is 11.8 Å². The zero-order valence-corrected chi connectivity index (χ0v) is 19.4. The van der Waals surface area contributed by atoms with Gasteiger partial charge in [-0.15, -0.1) is 0 Å². The van der Waals surface area contributed by atoms with Crippen molar-refractivity contribution in [3.63, 3.8) is 0 Å². The Hall–Kier alpha value is -3.08. The highest BCUT2D eigenvalue weighted by molar-refractivity contribution is 7.99. The Labute approximate surface area is 200 Å². The van der Waals surface area contributed by atoms with Crippen LogP contribution in [0.5, 0.6) is 0 Å². The zero-order valence-electron chi connectivity index (χ0n) is 18.6. The van der Waals surface area contributed by atoms with Gasteiger partial charge in [0, 0.05) is 17.7 Å². The molecule has 4 atom stereocenters. The second-order valence-corrected chi connectivity index (χ2v) is 9.67. The van der Waals surface area contributed by atoms with Crippen LogP contribution >= 0.6 is 11.8 Å². The molecule has 0 radical (unpaired) electrons. The fraction of sp³-hybridized carbons (Fsp3) is 0.375. The Balaban J connectivity index is 1.32. The molecule has 10 heteroatoms. The number of aromatic amines is 1. The molecule has 1 aliphatic carbocycles. The van der Waals surface area contributed by atoms with Crippen LogP contribution in [0.1, 0.15) is 37.9 Å². The van der Waals surface area contributed by atoms with Gasteiger partial charge in [0.2, 0.25) is 0 Å². The molecule has 176 valence electrons. The van der Waals surface area contributed by atoms with E-state index in [1.807, 2.05) is 36.4 Å². The van der Waals surface area contributed by atoms with E-state index in [1.54, 1.807) is 6.92 Å². The largest absolute Gasteiger partial charge is 0.465 e. The molecule has 4 N–H and O–H groups in total. The van der Waals surface area contributed by atoms with Gasteiger partial charge < -0.3 is 19.5 Å². The Bertz CT molecular complexity index is 1260. The fourth-order valence-electron chi connectivity index (χ4n) is 5.18. The summed E-state index contributed by atoms with van der Waals surface area (Å²) in [6, 6.07) is 10.6. The summed E-state index contributed by atoms with van der Waals surface area (Å²) in [7, 11) is 0. The quantitative estimate of drug-likeness (QED) is 0.409. The molecule has 9 nitrogen and oxygen atoms in total. The van der Waals surface area contributed by atoms with Crippen LogP contribution in [0.15, 0.2) is 62.3 Å². The SMILES string of the molecule is CCOC(=O)C1NNC2C(c3ccc(Sc4nc5ccccc5[nH]4)o3)C3=C(CCCC3=O)NC12. The molecule has 3 aromatic rings. The maximum atomic E-state index is 13.0. The van der Waals surface area contributed by atoms with Crippen LogP contribution < -0.4 is 16.2 Å². The van der Waals surface area contributed by atoms with Crippen LogP contribution in [-0.4, -0.2) is 46.5 Å². The first-order valence-electron chi connectivity index (χ1n) is 11.5. The number of hydrazine groups is 1. The molecule has 6 rings (SSSR count). The molecule has 2 aliphatic heterocycles. The Morgan fingerprint density at radius 2 is 2.06 bits per heavy atom. The van der Waals surface area contributed by atoms with E-state index >= 15 is 0 Å². The minimum atomic E-state index is -0.558. The molecule has 1 aromatic carbocycles. The van der Waals surface area contributed by atoms with Crippen molar-refractivity contribution < 1.29 is 18.7 Å². The van der Waals surface area contributed by atoms with Crippen molar-refractivity contribution in [1.82, 2.24) is 26.1 Å². The Morgan fingerprint density at radius 3 is 2.91 bits per heavy atom. The zero-order chi connectivity index (χ0) is 23.2. The topological polar surface area (TPSA) is 121 Å². The van der Waals surface area contributed by atoms with Crippen LogP contribution in [0.25, 0.3) is 11.0 Å². The number of nitrogens with one attached hydrogen (secondary N) is 4. The van der Waals surface area contributed by atoms with Gasteiger partial charge in [-0.3, -0.25) is 15.0 Å². The molecule has 2 aromatic heterocycles. The number of imidazole rings is 1. The number of benzene rings is 1. The first-order valence-corrected chi connectivity index (χ1v) is 12.4. The van der Waals surface area contributed by atoms with Crippen LogP contribution in [0, 0.1) is 0 Å². The summed E-state index contributed by atoms with van der Waals surface area (Å²) in [5.74, 6) is 0.185. The minimum absolute atomic E-state index is 0.126. The lowest BCUT2D eigenvalue weighted by atomic mass is 9.74. The number of esters is 1. The molecule has 1 saturated heterocycles. The number of carbonyl (C=O) groups excluding carboxylic acids is 2. The van der Waals surface area contributed by atoms with Crippen LogP contribution in [0.2, 0.25) is 0 Å². The van der Waals surface area contributed by atoms with Gasteiger partial charge in [-0.25, -0.2) is 10.4 Å². The minimum Gasteiger partial charge on any atom is -0.465 e. The molecule has 34 heavy (non-hydrogen) atoms. The van der Waals surface area contributed by atoms with E-state index < -0.39 is 6.04 Å². The summed E-state index contributed by atoms with van der Waals surface area (Å²) in [6.45, 7) is 2.10. The van der Waals surface area contributed by atoms with Gasteiger partial charge >= 0.3 is 5.97 Å². The van der Waals surface area contributed by atoms with Crippen molar-refractivity contribution in [1.29, 1.82) is 0 Å². The molecule has 0 saturated carbocycles. The third-order valence-electron chi connectivity index (χ3n) is 6.63. The lowest BCUT2D eigenvalue weighted by Crippen LogP contribution is -2.55. The van der Waals surface area contributed by atoms with Gasteiger partial charge in [-0.1, -0.05) is 12.1 Å². The maximum absolute atomic E-state index is 13.0. The fourth-order valence-corrected chi connectivity index (χ4v) is 5.95. The Kier molecular flexibility index (Phi) is 5.43. The molecule has 3 aliphatic rings. The van der Waals surface area contributed by atoms with E-state index in [4.69, 9.17) is 9.15 Å². The first kappa shape index (κ1) is 21.5. The van der Waals surface area contributed by atoms with Crippen LogP contribution in [-0.2, 0) is 14.3 Å². The third kappa shape index (κ3) is 3.62. The van der Waals surface area contributed by atoms with Gasteiger partial charge in [0.15, 0.2) is 16.0 Å². The van der Waals surface area contributed by atoms with Crippen LogP contribution in [0.3, 0.4) is 0 Å². The highest BCUT2D eigenvalue weighted by Gasteiger charge is 2.51. The van der Waals surface area contributed by atoms with Crippen molar-refractivity contribution in [3.05, 3.63) is 53.4 Å².